The molecule has 12 heteroatoms. The van der Waals surface area contributed by atoms with Crippen LogP contribution in [0.1, 0.15) is 29.5 Å². The molecule has 1 amide bonds. The molecule has 0 aromatic carbocycles. The van der Waals surface area contributed by atoms with E-state index >= 15 is 0 Å². The SMILES string of the molecule is Cc1ccc(-n2nccn2)c(C(=O)N2CC(F)(F)CC(C)C2CNc2ncc(Cl)cn2)n1. The second-order valence-corrected chi connectivity index (χ2v) is 8.22. The molecule has 1 saturated heterocycles. The lowest BCUT2D eigenvalue weighted by molar-refractivity contribution is -0.0899. The molecule has 4 heterocycles. The number of likely N-dealkylation sites (tertiary alicyclic amines) is 1. The van der Waals surface area contributed by atoms with E-state index in [-0.39, 0.29) is 18.7 Å². The number of hydrogen-bond donors (Lipinski definition) is 1. The average molecular weight is 463 g/mol. The van der Waals surface area contributed by atoms with E-state index in [0.717, 1.165) is 0 Å². The molecule has 9 nitrogen and oxygen atoms in total. The van der Waals surface area contributed by atoms with Gasteiger partial charge < -0.3 is 10.2 Å². The fourth-order valence-electron chi connectivity index (χ4n) is 3.82. The van der Waals surface area contributed by atoms with Crippen LogP contribution < -0.4 is 5.32 Å². The van der Waals surface area contributed by atoms with Crippen LogP contribution in [0.5, 0.6) is 0 Å². The highest BCUT2D eigenvalue weighted by atomic mass is 35.5. The minimum absolute atomic E-state index is 0.0128. The van der Waals surface area contributed by atoms with Gasteiger partial charge in [0.1, 0.15) is 5.69 Å². The van der Waals surface area contributed by atoms with E-state index in [4.69, 9.17) is 11.6 Å². The minimum Gasteiger partial charge on any atom is -0.352 e. The van der Waals surface area contributed by atoms with Crippen molar-refractivity contribution in [2.75, 3.05) is 18.4 Å². The Morgan fingerprint density at radius 2 is 1.94 bits per heavy atom. The number of halogens is 3. The Labute approximate surface area is 187 Å². The van der Waals surface area contributed by atoms with Crippen molar-refractivity contribution in [3.05, 3.63) is 53.3 Å². The fraction of sp³-hybridized carbons (Fsp3) is 0.400. The second-order valence-electron chi connectivity index (χ2n) is 7.78. The van der Waals surface area contributed by atoms with Crippen molar-refractivity contribution in [2.24, 2.45) is 5.92 Å². The maximum Gasteiger partial charge on any atom is 0.275 e. The van der Waals surface area contributed by atoms with Crippen LogP contribution in [0, 0.1) is 12.8 Å². The number of nitrogens with one attached hydrogen (secondary N) is 1. The second kappa shape index (κ2) is 8.73. The molecule has 0 spiro atoms. The number of aromatic nitrogens is 6. The zero-order valence-corrected chi connectivity index (χ0v) is 18.2. The Morgan fingerprint density at radius 3 is 2.62 bits per heavy atom. The zero-order chi connectivity index (χ0) is 22.9. The number of nitrogens with zero attached hydrogens (tertiary/aromatic N) is 7. The van der Waals surface area contributed by atoms with E-state index in [1.54, 1.807) is 26.0 Å². The number of alkyl halides is 2. The van der Waals surface area contributed by atoms with Crippen LogP contribution in [0.15, 0.2) is 36.9 Å². The molecule has 1 aliphatic rings. The van der Waals surface area contributed by atoms with E-state index in [1.807, 2.05) is 0 Å². The first-order chi connectivity index (χ1) is 15.2. The summed E-state index contributed by atoms with van der Waals surface area (Å²) >= 11 is 5.81. The third-order valence-corrected chi connectivity index (χ3v) is 5.48. The molecule has 2 unspecified atom stereocenters. The van der Waals surface area contributed by atoms with Gasteiger partial charge in [-0.15, -0.1) is 4.80 Å². The lowest BCUT2D eigenvalue weighted by atomic mass is 9.88. The molecule has 1 aliphatic heterocycles. The van der Waals surface area contributed by atoms with Crippen LogP contribution in [-0.4, -0.2) is 65.8 Å². The van der Waals surface area contributed by atoms with Gasteiger partial charge in [-0.05, 0) is 25.0 Å². The molecule has 1 fully saturated rings. The van der Waals surface area contributed by atoms with Gasteiger partial charge in [-0.3, -0.25) is 4.79 Å². The van der Waals surface area contributed by atoms with E-state index in [1.165, 1.54) is 34.5 Å². The van der Waals surface area contributed by atoms with Crippen LogP contribution >= 0.6 is 11.6 Å². The van der Waals surface area contributed by atoms with Crippen LogP contribution in [0.2, 0.25) is 5.02 Å². The number of pyridine rings is 1. The van der Waals surface area contributed by atoms with Crippen molar-refractivity contribution in [3.63, 3.8) is 0 Å². The Kier molecular flexibility index (Phi) is 6.00. The predicted molar refractivity (Wildman–Crippen MR) is 113 cm³/mol. The van der Waals surface area contributed by atoms with Crippen LogP contribution in [0.3, 0.4) is 0 Å². The highest BCUT2D eigenvalue weighted by Crippen LogP contribution is 2.35. The molecule has 0 aliphatic carbocycles. The number of piperidine rings is 1. The number of rotatable bonds is 5. The van der Waals surface area contributed by atoms with Crippen molar-refractivity contribution in [3.8, 4) is 5.69 Å². The topological polar surface area (TPSA) is 102 Å². The van der Waals surface area contributed by atoms with Crippen molar-refractivity contribution in [2.45, 2.75) is 32.2 Å². The number of carbonyl (C=O) groups excluding carboxylic acids is 1. The summed E-state index contributed by atoms with van der Waals surface area (Å²) in [6.07, 6.45) is 5.45. The maximum absolute atomic E-state index is 14.5. The molecule has 168 valence electrons. The van der Waals surface area contributed by atoms with Gasteiger partial charge in [-0.1, -0.05) is 18.5 Å². The highest BCUT2D eigenvalue weighted by Gasteiger charge is 2.46. The minimum atomic E-state index is -3.02. The predicted octanol–water partition coefficient (Wildman–Crippen LogP) is 3.01. The monoisotopic (exact) mass is 462 g/mol. The van der Waals surface area contributed by atoms with Crippen LogP contribution in [0.25, 0.3) is 5.69 Å². The molecule has 0 bridgehead atoms. The van der Waals surface area contributed by atoms with Gasteiger partial charge >= 0.3 is 0 Å². The number of carbonyl (C=O) groups is 1. The van der Waals surface area contributed by atoms with Gasteiger partial charge in [0.05, 0.1) is 42.4 Å². The van der Waals surface area contributed by atoms with Crippen molar-refractivity contribution < 1.29 is 13.6 Å². The van der Waals surface area contributed by atoms with E-state index < -0.39 is 30.3 Å². The smallest absolute Gasteiger partial charge is 0.275 e. The summed E-state index contributed by atoms with van der Waals surface area (Å²) in [7, 11) is 0. The number of aryl methyl sites for hydroxylation is 1. The Balaban J connectivity index is 1.65. The molecule has 32 heavy (non-hydrogen) atoms. The van der Waals surface area contributed by atoms with E-state index in [0.29, 0.717) is 22.4 Å². The standard InChI is InChI=1S/C20H21ClF2N8O/c1-12-7-20(22,23)11-30(16(12)10-26-19-24-8-14(21)9-25-19)18(32)17-15(4-3-13(2)29-17)31-27-5-6-28-31/h3-6,8-9,12,16H,7,10-11H2,1-2H3,(H,24,25,26). The first kappa shape index (κ1) is 22.0. The third kappa shape index (κ3) is 4.67. The summed E-state index contributed by atoms with van der Waals surface area (Å²) in [6, 6.07) is 2.82. The summed E-state index contributed by atoms with van der Waals surface area (Å²) < 4.78 is 29.0. The Hall–Kier alpha value is -3.21. The lowest BCUT2D eigenvalue weighted by Gasteiger charge is -2.43. The van der Waals surface area contributed by atoms with Gasteiger partial charge in [-0.25, -0.2) is 23.7 Å². The zero-order valence-electron chi connectivity index (χ0n) is 17.4. The van der Waals surface area contributed by atoms with Gasteiger partial charge in [-0.2, -0.15) is 10.2 Å². The molecule has 3 aromatic rings. The van der Waals surface area contributed by atoms with Gasteiger partial charge in [0.25, 0.3) is 11.8 Å². The molecule has 0 saturated carbocycles. The molecule has 4 rings (SSSR count). The number of anilines is 1. The van der Waals surface area contributed by atoms with Crippen molar-refractivity contribution >= 4 is 23.5 Å². The summed E-state index contributed by atoms with van der Waals surface area (Å²) in [4.78, 5) is 28.4. The van der Waals surface area contributed by atoms with Gasteiger partial charge in [0.15, 0.2) is 5.69 Å². The van der Waals surface area contributed by atoms with Crippen molar-refractivity contribution in [1.29, 1.82) is 0 Å². The summed E-state index contributed by atoms with van der Waals surface area (Å²) in [6.45, 7) is 2.89. The van der Waals surface area contributed by atoms with Gasteiger partial charge in [0.2, 0.25) is 5.95 Å². The molecular weight excluding hydrogens is 442 g/mol. The molecular formula is C20H21ClF2N8O. The normalized spacial score (nSPS) is 20.2. The summed E-state index contributed by atoms with van der Waals surface area (Å²) in [5.41, 5.74) is 0.907. The number of amides is 1. The average Bonchev–Trinajstić information content (AvgIpc) is 3.27. The Morgan fingerprint density at radius 1 is 1.25 bits per heavy atom. The van der Waals surface area contributed by atoms with Crippen molar-refractivity contribution in [1.82, 2.24) is 34.8 Å². The molecule has 3 aromatic heterocycles. The molecule has 1 N–H and O–H groups in total. The van der Waals surface area contributed by atoms with Crippen LogP contribution in [-0.2, 0) is 0 Å². The maximum atomic E-state index is 14.5. The van der Waals surface area contributed by atoms with E-state index in [2.05, 4.69) is 30.5 Å². The third-order valence-electron chi connectivity index (χ3n) is 5.28. The first-order valence-corrected chi connectivity index (χ1v) is 10.4. The number of hydrogen-bond acceptors (Lipinski definition) is 7. The largest absolute Gasteiger partial charge is 0.352 e. The quantitative estimate of drug-likeness (QED) is 0.621. The molecule has 2 atom stereocenters. The van der Waals surface area contributed by atoms with Crippen LogP contribution in [0.4, 0.5) is 14.7 Å². The lowest BCUT2D eigenvalue weighted by Crippen LogP contribution is -2.57. The Bertz CT molecular complexity index is 1090. The highest BCUT2D eigenvalue weighted by molar-refractivity contribution is 6.30. The summed E-state index contributed by atoms with van der Waals surface area (Å²) in [5, 5.41) is 11.5. The van der Waals surface area contributed by atoms with Gasteiger partial charge in [0, 0.05) is 18.7 Å². The first-order valence-electron chi connectivity index (χ1n) is 9.98. The molecule has 0 radical (unpaired) electrons. The fourth-order valence-corrected chi connectivity index (χ4v) is 3.92. The van der Waals surface area contributed by atoms with E-state index in [9.17, 15) is 13.6 Å². The summed E-state index contributed by atoms with van der Waals surface area (Å²) in [5.74, 6) is -3.83.